The van der Waals surface area contributed by atoms with Crippen LogP contribution in [0, 0.1) is 5.41 Å². The van der Waals surface area contributed by atoms with Crippen LogP contribution in [0.3, 0.4) is 0 Å². The molecule has 1 spiro atoms. The maximum atomic E-state index is 12.9. The van der Waals surface area contributed by atoms with Crippen LogP contribution in [0.1, 0.15) is 49.3 Å². The molecule has 1 aromatic rings. The van der Waals surface area contributed by atoms with Crippen LogP contribution in [-0.4, -0.2) is 40.5 Å². The molecule has 2 aliphatic heterocycles. The number of alkyl halides is 3. The smallest absolute Gasteiger partial charge is 0.300 e. The van der Waals surface area contributed by atoms with Crippen molar-refractivity contribution in [3.63, 3.8) is 0 Å². The second-order valence-corrected chi connectivity index (χ2v) is 9.20. The van der Waals surface area contributed by atoms with E-state index in [2.05, 4.69) is 9.88 Å². The molecule has 0 bridgehead atoms. The van der Waals surface area contributed by atoms with E-state index < -0.39 is 11.9 Å². The van der Waals surface area contributed by atoms with Crippen molar-refractivity contribution in [2.24, 2.45) is 5.41 Å². The van der Waals surface area contributed by atoms with E-state index in [0.29, 0.717) is 22.0 Å². The van der Waals surface area contributed by atoms with Crippen LogP contribution >= 0.6 is 23.4 Å². The van der Waals surface area contributed by atoms with Gasteiger partial charge in [-0.05, 0) is 56.2 Å². The van der Waals surface area contributed by atoms with Gasteiger partial charge in [0, 0.05) is 35.7 Å². The van der Waals surface area contributed by atoms with Crippen molar-refractivity contribution in [2.45, 2.75) is 50.2 Å². The molecule has 0 atom stereocenters. The van der Waals surface area contributed by atoms with Gasteiger partial charge in [-0.2, -0.15) is 24.9 Å². The van der Waals surface area contributed by atoms with Gasteiger partial charge in [0.05, 0.1) is 5.02 Å². The van der Waals surface area contributed by atoms with Gasteiger partial charge in [0.2, 0.25) is 0 Å². The van der Waals surface area contributed by atoms with Crippen molar-refractivity contribution in [2.75, 3.05) is 24.6 Å². The molecular weight excluding hydrogens is 369 g/mol. The van der Waals surface area contributed by atoms with Crippen molar-refractivity contribution in [3.05, 3.63) is 28.5 Å². The van der Waals surface area contributed by atoms with E-state index in [0.717, 1.165) is 37.9 Å². The van der Waals surface area contributed by atoms with Crippen LogP contribution in [0.2, 0.25) is 5.02 Å². The van der Waals surface area contributed by atoms with Crippen molar-refractivity contribution in [3.8, 4) is 0 Å². The van der Waals surface area contributed by atoms with Gasteiger partial charge in [0.15, 0.2) is 0 Å². The monoisotopic (exact) mass is 390 g/mol. The Kier molecular flexibility index (Phi) is 4.74. The number of likely N-dealkylation sites (tertiary alicyclic amines) is 1. The van der Waals surface area contributed by atoms with Gasteiger partial charge < -0.3 is 0 Å². The molecule has 7 heteroatoms. The number of hydrogen-bond donors (Lipinski definition) is 0. The van der Waals surface area contributed by atoms with Crippen molar-refractivity contribution < 1.29 is 13.2 Å². The lowest BCUT2D eigenvalue weighted by Gasteiger charge is -2.40. The summed E-state index contributed by atoms with van der Waals surface area (Å²) in [6.07, 6.45) is 1.96. The zero-order valence-electron chi connectivity index (χ0n) is 14.0. The van der Waals surface area contributed by atoms with E-state index in [1.165, 1.54) is 31.0 Å². The number of aromatic nitrogens is 1. The Morgan fingerprint density at radius 1 is 1.20 bits per heavy atom. The summed E-state index contributed by atoms with van der Waals surface area (Å²) < 4.78 is 38.8. The molecule has 1 aliphatic carbocycles. The average molecular weight is 391 g/mol. The summed E-state index contributed by atoms with van der Waals surface area (Å²) in [4.78, 5) is 6.08. The summed E-state index contributed by atoms with van der Waals surface area (Å²) >= 11 is 8.21. The molecule has 0 unspecified atom stereocenters. The lowest BCUT2D eigenvalue weighted by Crippen LogP contribution is -2.42. The topological polar surface area (TPSA) is 16.1 Å². The van der Waals surface area contributed by atoms with Crippen LogP contribution in [0.4, 0.5) is 13.2 Å². The van der Waals surface area contributed by atoms with Crippen LogP contribution in [0.15, 0.2) is 12.3 Å². The number of thioether (sulfide) groups is 1. The highest BCUT2D eigenvalue weighted by atomic mass is 35.5. The molecular formula is C18H22ClF3N2S. The van der Waals surface area contributed by atoms with Gasteiger partial charge in [-0.1, -0.05) is 11.6 Å². The molecule has 3 fully saturated rings. The lowest BCUT2D eigenvalue weighted by atomic mass is 9.81. The second kappa shape index (κ2) is 6.61. The van der Waals surface area contributed by atoms with Crippen molar-refractivity contribution in [1.29, 1.82) is 0 Å². The molecule has 0 radical (unpaired) electrons. The van der Waals surface area contributed by atoms with Crippen LogP contribution < -0.4 is 0 Å². The maximum absolute atomic E-state index is 12.9. The fourth-order valence-corrected chi connectivity index (χ4v) is 6.09. The van der Waals surface area contributed by atoms with E-state index in [1.807, 2.05) is 11.8 Å². The zero-order chi connectivity index (χ0) is 17.7. The third kappa shape index (κ3) is 3.54. The third-order valence-electron chi connectivity index (χ3n) is 6.11. The molecule has 25 heavy (non-hydrogen) atoms. The summed E-state index contributed by atoms with van der Waals surface area (Å²) in [5.74, 6) is 2.71. The Hall–Kier alpha value is -0.460. The summed E-state index contributed by atoms with van der Waals surface area (Å²) in [6, 6.07) is 1.74. The van der Waals surface area contributed by atoms with Crippen LogP contribution in [0.25, 0.3) is 0 Å². The lowest BCUT2D eigenvalue weighted by molar-refractivity contribution is -0.141. The number of pyridine rings is 1. The summed E-state index contributed by atoms with van der Waals surface area (Å²) in [7, 11) is 0. The molecule has 4 rings (SSSR count). The van der Waals surface area contributed by atoms with E-state index in [-0.39, 0.29) is 5.92 Å². The fourth-order valence-electron chi connectivity index (χ4n) is 4.58. The Morgan fingerprint density at radius 3 is 2.48 bits per heavy atom. The van der Waals surface area contributed by atoms with Crippen molar-refractivity contribution in [1.82, 2.24) is 9.88 Å². The first-order valence-electron chi connectivity index (χ1n) is 8.91. The Bertz CT molecular complexity index is 640. The SMILES string of the molecule is FC(F)(F)c1cc(C2CCC(N3CCC4(CSC4)C3)CC2)c(Cl)cn1. The predicted molar refractivity (Wildman–Crippen MR) is 95.2 cm³/mol. The molecule has 0 amide bonds. The highest BCUT2D eigenvalue weighted by molar-refractivity contribution is 8.00. The largest absolute Gasteiger partial charge is 0.433 e. The molecule has 3 aliphatic rings. The molecule has 1 aromatic heterocycles. The maximum Gasteiger partial charge on any atom is 0.433 e. The van der Waals surface area contributed by atoms with Gasteiger partial charge in [-0.15, -0.1) is 0 Å². The molecule has 1 saturated carbocycles. The molecule has 2 saturated heterocycles. The van der Waals surface area contributed by atoms with Crippen LogP contribution in [-0.2, 0) is 6.18 Å². The van der Waals surface area contributed by atoms with E-state index in [9.17, 15) is 13.2 Å². The van der Waals surface area contributed by atoms with Gasteiger partial charge in [-0.3, -0.25) is 9.88 Å². The molecule has 0 N–H and O–H groups in total. The molecule has 2 nitrogen and oxygen atoms in total. The van der Waals surface area contributed by atoms with Crippen LogP contribution in [0.5, 0.6) is 0 Å². The Labute approximate surface area is 155 Å². The van der Waals surface area contributed by atoms with Gasteiger partial charge in [-0.25, -0.2) is 0 Å². The highest BCUT2D eigenvalue weighted by Crippen LogP contribution is 2.47. The summed E-state index contributed by atoms with van der Waals surface area (Å²) in [5, 5.41) is 0.364. The van der Waals surface area contributed by atoms with E-state index in [4.69, 9.17) is 11.6 Å². The summed E-state index contributed by atoms with van der Waals surface area (Å²) in [5.41, 5.74) is 0.353. The first-order valence-corrected chi connectivity index (χ1v) is 10.4. The zero-order valence-corrected chi connectivity index (χ0v) is 15.6. The van der Waals surface area contributed by atoms with Gasteiger partial charge in [0.25, 0.3) is 0 Å². The third-order valence-corrected chi connectivity index (χ3v) is 8.06. The Morgan fingerprint density at radius 2 is 1.92 bits per heavy atom. The van der Waals surface area contributed by atoms with Gasteiger partial charge >= 0.3 is 6.18 Å². The standard InChI is InChI=1S/C18H22ClF3N2S/c19-15-8-23-16(18(20,21)22)7-14(15)12-1-3-13(4-2-12)24-6-5-17(9-24)10-25-11-17/h7-8,12-13H,1-6,9-11H2. The van der Waals surface area contributed by atoms with E-state index in [1.54, 1.807) is 0 Å². The first-order chi connectivity index (χ1) is 11.9. The average Bonchev–Trinajstić information content (AvgIpc) is 3.00. The second-order valence-electron chi connectivity index (χ2n) is 7.81. The fraction of sp³-hybridized carbons (Fsp3) is 0.722. The number of hydrogen-bond acceptors (Lipinski definition) is 3. The molecule has 138 valence electrons. The van der Waals surface area contributed by atoms with E-state index >= 15 is 0 Å². The first kappa shape index (κ1) is 17.9. The minimum atomic E-state index is -4.42. The van der Waals surface area contributed by atoms with Gasteiger partial charge in [0.1, 0.15) is 5.69 Å². The number of rotatable bonds is 2. The quantitative estimate of drug-likeness (QED) is 0.688. The van der Waals surface area contributed by atoms with Crippen molar-refractivity contribution >= 4 is 23.4 Å². The Balaban J connectivity index is 1.40. The normalized spacial score (nSPS) is 29.8. The summed E-state index contributed by atoms with van der Waals surface area (Å²) in [6.45, 7) is 2.40. The minimum Gasteiger partial charge on any atom is -0.300 e. The predicted octanol–water partition coefficient (Wildman–Crippen LogP) is 5.22. The number of halogens is 4. The molecule has 0 aromatic carbocycles. The highest BCUT2D eigenvalue weighted by Gasteiger charge is 2.45. The minimum absolute atomic E-state index is 0.115. The molecule has 3 heterocycles. The number of nitrogens with zero attached hydrogens (tertiary/aromatic N) is 2.